The molecule has 1 aliphatic heterocycles. The molecule has 0 saturated carbocycles. The van der Waals surface area contributed by atoms with Gasteiger partial charge in [0.1, 0.15) is 17.2 Å². The highest BCUT2D eigenvalue weighted by Crippen LogP contribution is 2.76. The average Bonchev–Trinajstić information content (AvgIpc) is 2.88. The molecular weight excluding hydrogens is 711 g/mol. The van der Waals surface area contributed by atoms with Crippen LogP contribution in [0, 0.1) is 0 Å². The quantitative estimate of drug-likeness (QED) is 0.204. The Bertz CT molecular complexity index is 1010. The topological polar surface area (TPSA) is 37.4 Å². The zero-order valence-corrected chi connectivity index (χ0v) is 27.5. The summed E-state index contributed by atoms with van der Waals surface area (Å²) >= 11 is 11.0. The van der Waals surface area contributed by atoms with Crippen molar-refractivity contribution < 1.29 is 13.6 Å². The van der Waals surface area contributed by atoms with Crippen molar-refractivity contribution >= 4 is 73.1 Å². The third-order valence-corrected chi connectivity index (χ3v) is 15.0. The van der Waals surface area contributed by atoms with Crippen molar-refractivity contribution in [2.75, 3.05) is 19.6 Å². The Hall–Kier alpha value is -0.330. The van der Waals surface area contributed by atoms with E-state index in [1.54, 1.807) is 0 Å². The lowest BCUT2D eigenvalue weighted by molar-refractivity contribution is 0.390. The molecule has 0 aliphatic carbocycles. The summed E-state index contributed by atoms with van der Waals surface area (Å²) in [6.45, 7) is 8.75. The van der Waals surface area contributed by atoms with Gasteiger partial charge in [0.25, 0.3) is 25.3 Å². The molecule has 1 aliphatic rings. The first kappa shape index (κ1) is 28.7. The molecule has 0 radical (unpaired) electrons. The van der Waals surface area contributed by atoms with Crippen LogP contribution in [0.25, 0.3) is 0 Å². The Labute approximate surface area is 242 Å². The summed E-state index contributed by atoms with van der Waals surface area (Å²) < 4.78 is 30.1. The van der Waals surface area contributed by atoms with Gasteiger partial charge in [0, 0.05) is 19.6 Å². The Kier molecular flexibility index (Phi) is 10.9. The van der Waals surface area contributed by atoms with Gasteiger partial charge in [0.15, 0.2) is 0 Å². The van der Waals surface area contributed by atoms with Gasteiger partial charge in [-0.05, 0) is 84.2 Å². The van der Waals surface area contributed by atoms with E-state index in [1.807, 2.05) is 72.8 Å². The van der Waals surface area contributed by atoms with E-state index in [4.69, 9.17) is 13.6 Å². The molecule has 0 amide bonds. The van der Waals surface area contributed by atoms with Crippen molar-refractivity contribution in [3.63, 3.8) is 0 Å². The van der Waals surface area contributed by atoms with Gasteiger partial charge in [-0.25, -0.2) is 0 Å². The van der Waals surface area contributed by atoms with Crippen LogP contribution < -0.4 is 13.6 Å². The fourth-order valence-electron chi connectivity index (χ4n) is 3.38. The summed E-state index contributed by atoms with van der Waals surface area (Å²) in [5.41, 5.74) is 0. The lowest BCUT2D eigenvalue weighted by Gasteiger charge is -2.51. The van der Waals surface area contributed by atoms with Gasteiger partial charge >= 0.3 is 0 Å². The van der Waals surface area contributed by atoms with Gasteiger partial charge in [-0.2, -0.15) is 13.3 Å². The van der Waals surface area contributed by atoms with E-state index < -0.39 is 25.3 Å². The molecule has 0 N–H and O–H groups in total. The zero-order chi connectivity index (χ0) is 25.7. The van der Waals surface area contributed by atoms with E-state index in [9.17, 15) is 0 Å². The molecule has 0 atom stereocenters. The van der Waals surface area contributed by atoms with Crippen molar-refractivity contribution in [1.82, 2.24) is 13.3 Å². The van der Waals surface area contributed by atoms with Crippen LogP contribution in [0.3, 0.4) is 0 Å². The van der Waals surface area contributed by atoms with Crippen LogP contribution in [-0.4, -0.2) is 33.0 Å². The third-order valence-electron chi connectivity index (χ3n) is 5.08. The largest absolute Gasteiger partial charge is 0.443 e. The van der Waals surface area contributed by atoms with Gasteiger partial charge in [-0.3, -0.25) is 0 Å². The molecule has 0 aromatic heterocycles. The van der Waals surface area contributed by atoms with Crippen molar-refractivity contribution in [1.29, 1.82) is 0 Å². The fraction of sp³-hybridized carbons (Fsp3) is 0.250. The summed E-state index contributed by atoms with van der Waals surface area (Å²) in [6.07, 6.45) is 0. The van der Waals surface area contributed by atoms with Gasteiger partial charge in [-0.1, -0.05) is 57.2 Å². The molecule has 1 saturated heterocycles. The zero-order valence-electron chi connectivity index (χ0n) is 20.1. The van der Waals surface area contributed by atoms with E-state index in [0.717, 1.165) is 50.3 Å². The molecule has 6 nitrogen and oxygen atoms in total. The lowest BCUT2D eigenvalue weighted by atomic mass is 10.3. The number of halogens is 3. The standard InChI is InChI=1S/C24H27Br3N3O3P3/c1-4-28-34(31-22-16-10-7-13-19(22)25)29(5-2)36(33-24-18-12-9-15-21(24)27)30(6-3)35(28)32-23-17-11-8-14-20(23)26/h7-18H,4-6H2,1-3H3. The number of hydrogen-bond donors (Lipinski definition) is 0. The first-order chi connectivity index (χ1) is 17.5. The number of hydrogen-bond acceptors (Lipinski definition) is 6. The van der Waals surface area contributed by atoms with Crippen molar-refractivity contribution in [3.05, 3.63) is 86.2 Å². The lowest BCUT2D eigenvalue weighted by Crippen LogP contribution is -2.40. The minimum atomic E-state index is -1.24. The molecule has 3 aromatic rings. The molecule has 4 rings (SSSR count). The second kappa shape index (κ2) is 13.6. The maximum Gasteiger partial charge on any atom is 0.263 e. The molecule has 36 heavy (non-hydrogen) atoms. The second-order valence-electron chi connectivity index (χ2n) is 7.39. The minimum Gasteiger partial charge on any atom is -0.443 e. The summed E-state index contributed by atoms with van der Waals surface area (Å²) in [5, 5.41) is 0. The Morgan fingerprint density at radius 2 is 0.750 bits per heavy atom. The fourth-order valence-corrected chi connectivity index (χ4v) is 13.1. The summed E-state index contributed by atoms with van der Waals surface area (Å²) in [7, 11) is -3.73. The van der Waals surface area contributed by atoms with Crippen LogP contribution in [-0.2, 0) is 0 Å². The number of para-hydroxylation sites is 3. The molecule has 192 valence electrons. The Morgan fingerprint density at radius 3 is 0.972 bits per heavy atom. The minimum absolute atomic E-state index is 0.761. The van der Waals surface area contributed by atoms with Crippen molar-refractivity contribution in [3.8, 4) is 17.2 Å². The predicted octanol–water partition coefficient (Wildman–Crippen LogP) is 10.2. The second-order valence-corrected chi connectivity index (χ2v) is 15.9. The van der Waals surface area contributed by atoms with Crippen LogP contribution in [0.5, 0.6) is 17.2 Å². The Balaban J connectivity index is 1.78. The highest BCUT2D eigenvalue weighted by Gasteiger charge is 2.52. The number of benzene rings is 3. The van der Waals surface area contributed by atoms with Gasteiger partial charge < -0.3 is 13.6 Å². The molecule has 0 spiro atoms. The highest BCUT2D eigenvalue weighted by molar-refractivity contribution is 9.11. The van der Waals surface area contributed by atoms with Crippen molar-refractivity contribution in [2.45, 2.75) is 20.8 Å². The SMILES string of the molecule is CCN1P(Oc2ccccc2Br)N(CC)P(Oc2ccccc2Br)N(CC)P1Oc1ccccc1Br. The normalized spacial score (nSPS) is 21.3. The van der Waals surface area contributed by atoms with Crippen LogP contribution in [0.15, 0.2) is 86.2 Å². The van der Waals surface area contributed by atoms with E-state index in [1.165, 1.54) is 0 Å². The molecule has 0 unspecified atom stereocenters. The third kappa shape index (κ3) is 6.45. The highest BCUT2D eigenvalue weighted by atomic mass is 79.9. The van der Waals surface area contributed by atoms with Crippen LogP contribution in [0.4, 0.5) is 0 Å². The smallest absolute Gasteiger partial charge is 0.263 e. The molecule has 3 aromatic carbocycles. The Morgan fingerprint density at radius 1 is 0.500 bits per heavy atom. The summed E-state index contributed by atoms with van der Waals surface area (Å²) in [4.78, 5) is 0. The number of nitrogens with zero attached hydrogens (tertiary/aromatic N) is 3. The average molecular weight is 738 g/mol. The van der Waals surface area contributed by atoms with Gasteiger partial charge in [0.05, 0.1) is 13.4 Å². The monoisotopic (exact) mass is 735 g/mol. The maximum absolute atomic E-state index is 6.77. The summed E-state index contributed by atoms with van der Waals surface area (Å²) in [5.74, 6) is 2.41. The van der Waals surface area contributed by atoms with E-state index in [-0.39, 0.29) is 0 Å². The first-order valence-electron chi connectivity index (χ1n) is 11.5. The van der Waals surface area contributed by atoms with Crippen LogP contribution in [0.1, 0.15) is 20.8 Å². The van der Waals surface area contributed by atoms with Crippen LogP contribution >= 0.6 is 73.1 Å². The molecule has 1 fully saturated rings. The van der Waals surface area contributed by atoms with Gasteiger partial charge in [-0.15, -0.1) is 0 Å². The van der Waals surface area contributed by atoms with Crippen LogP contribution in [0.2, 0.25) is 0 Å². The predicted molar refractivity (Wildman–Crippen MR) is 162 cm³/mol. The van der Waals surface area contributed by atoms with E-state index in [2.05, 4.69) is 81.9 Å². The van der Waals surface area contributed by atoms with E-state index in [0.29, 0.717) is 0 Å². The first-order valence-corrected chi connectivity index (χ1v) is 17.4. The van der Waals surface area contributed by atoms with Gasteiger partial charge in [0.2, 0.25) is 0 Å². The maximum atomic E-state index is 6.77. The van der Waals surface area contributed by atoms with E-state index >= 15 is 0 Å². The molecule has 12 heteroatoms. The molecule has 0 bridgehead atoms. The molecular formula is C24H27Br3N3O3P3. The van der Waals surface area contributed by atoms with Crippen molar-refractivity contribution in [2.24, 2.45) is 0 Å². The number of rotatable bonds is 9. The molecule has 1 heterocycles. The summed E-state index contributed by atoms with van der Waals surface area (Å²) in [6, 6.07) is 23.9.